The van der Waals surface area contributed by atoms with E-state index in [4.69, 9.17) is 0 Å². The quantitative estimate of drug-likeness (QED) is 0.777. The van der Waals surface area contributed by atoms with Gasteiger partial charge >= 0.3 is 6.03 Å². The summed E-state index contributed by atoms with van der Waals surface area (Å²) in [7, 11) is 0. The zero-order chi connectivity index (χ0) is 12.8. The highest BCUT2D eigenvalue weighted by atomic mass is 16.2. The van der Waals surface area contributed by atoms with Crippen molar-refractivity contribution in [2.75, 3.05) is 13.1 Å². The summed E-state index contributed by atoms with van der Waals surface area (Å²) in [6.07, 6.45) is 3.50. The zero-order valence-electron chi connectivity index (χ0n) is 11.0. The van der Waals surface area contributed by atoms with Crippen LogP contribution in [-0.4, -0.2) is 42.0 Å². The Balaban J connectivity index is 2.37. The molecular formula is C12H23N3O2. The molecule has 0 radical (unpaired) electrons. The van der Waals surface area contributed by atoms with E-state index in [1.807, 2.05) is 20.8 Å². The lowest BCUT2D eigenvalue weighted by atomic mass is 10.1. The van der Waals surface area contributed by atoms with Gasteiger partial charge in [0.25, 0.3) is 0 Å². The number of carbonyl (C=O) groups is 2. The summed E-state index contributed by atoms with van der Waals surface area (Å²) < 4.78 is 0. The van der Waals surface area contributed by atoms with Crippen LogP contribution in [0.15, 0.2) is 0 Å². The summed E-state index contributed by atoms with van der Waals surface area (Å²) in [5.74, 6) is -0.218. The van der Waals surface area contributed by atoms with Crippen molar-refractivity contribution in [3.8, 4) is 0 Å². The molecule has 5 nitrogen and oxygen atoms in total. The number of likely N-dealkylation sites (tertiary alicyclic amines) is 1. The maximum atomic E-state index is 11.8. The summed E-state index contributed by atoms with van der Waals surface area (Å²) in [4.78, 5) is 25.3. The third kappa shape index (κ3) is 4.73. The lowest BCUT2D eigenvalue weighted by Crippen LogP contribution is -2.51. The first-order valence-electron chi connectivity index (χ1n) is 6.36. The number of nitrogens with one attached hydrogen (secondary N) is 2. The molecule has 1 atom stereocenters. The SMILES string of the molecule is CC(C)NC(=O)NC(=O)[C@H](C)N1CCCCC1. The highest BCUT2D eigenvalue weighted by Crippen LogP contribution is 2.11. The molecule has 1 heterocycles. The molecule has 0 spiro atoms. The maximum Gasteiger partial charge on any atom is 0.321 e. The Morgan fingerprint density at radius 3 is 2.18 bits per heavy atom. The van der Waals surface area contributed by atoms with Gasteiger partial charge in [-0.2, -0.15) is 0 Å². The monoisotopic (exact) mass is 241 g/mol. The molecule has 5 heteroatoms. The van der Waals surface area contributed by atoms with Crippen molar-refractivity contribution in [3.05, 3.63) is 0 Å². The van der Waals surface area contributed by atoms with Gasteiger partial charge in [-0.1, -0.05) is 6.42 Å². The minimum atomic E-state index is -0.408. The summed E-state index contributed by atoms with van der Waals surface area (Å²) in [5, 5.41) is 5.02. The smallest absolute Gasteiger partial charge is 0.321 e. The molecule has 0 bridgehead atoms. The van der Waals surface area contributed by atoms with Crippen molar-refractivity contribution < 1.29 is 9.59 Å². The van der Waals surface area contributed by atoms with E-state index in [-0.39, 0.29) is 18.0 Å². The average Bonchev–Trinajstić information content (AvgIpc) is 2.28. The average molecular weight is 241 g/mol. The van der Waals surface area contributed by atoms with Gasteiger partial charge in [0.15, 0.2) is 0 Å². The Hall–Kier alpha value is -1.10. The Morgan fingerprint density at radius 1 is 1.06 bits per heavy atom. The standard InChI is InChI=1S/C12H23N3O2/c1-9(2)13-12(17)14-11(16)10(3)15-7-5-4-6-8-15/h9-10H,4-8H2,1-3H3,(H2,13,14,16,17)/t10-/m0/s1. The molecule has 1 aliphatic rings. The summed E-state index contributed by atoms with van der Waals surface area (Å²) in [6.45, 7) is 7.46. The minimum absolute atomic E-state index is 0.0353. The van der Waals surface area contributed by atoms with Gasteiger partial charge in [0.05, 0.1) is 6.04 Å². The van der Waals surface area contributed by atoms with E-state index in [0.717, 1.165) is 25.9 Å². The fourth-order valence-corrected chi connectivity index (χ4v) is 1.99. The predicted molar refractivity (Wildman–Crippen MR) is 66.7 cm³/mol. The molecule has 3 amide bonds. The lowest BCUT2D eigenvalue weighted by molar-refractivity contribution is -0.125. The van der Waals surface area contributed by atoms with Crippen molar-refractivity contribution in [1.82, 2.24) is 15.5 Å². The van der Waals surface area contributed by atoms with Crippen molar-refractivity contribution >= 4 is 11.9 Å². The minimum Gasteiger partial charge on any atom is -0.336 e. The number of rotatable bonds is 3. The second-order valence-electron chi connectivity index (χ2n) is 4.89. The van der Waals surface area contributed by atoms with E-state index in [1.165, 1.54) is 6.42 Å². The molecule has 1 saturated heterocycles. The van der Waals surface area contributed by atoms with E-state index in [9.17, 15) is 9.59 Å². The van der Waals surface area contributed by atoms with Crippen LogP contribution in [0.1, 0.15) is 40.0 Å². The summed E-state index contributed by atoms with van der Waals surface area (Å²) >= 11 is 0. The molecule has 98 valence electrons. The number of carbonyl (C=O) groups excluding carboxylic acids is 2. The first-order chi connectivity index (χ1) is 8.00. The Labute approximate surface area is 103 Å². The van der Waals surface area contributed by atoms with Gasteiger partial charge in [0.2, 0.25) is 5.91 Å². The highest BCUT2D eigenvalue weighted by molar-refractivity contribution is 5.96. The van der Waals surface area contributed by atoms with Gasteiger partial charge in [0.1, 0.15) is 0 Å². The molecule has 17 heavy (non-hydrogen) atoms. The van der Waals surface area contributed by atoms with Gasteiger partial charge in [-0.15, -0.1) is 0 Å². The number of urea groups is 1. The third-order valence-electron chi connectivity index (χ3n) is 2.97. The number of piperidine rings is 1. The van der Waals surface area contributed by atoms with Gasteiger partial charge in [-0.05, 0) is 46.7 Å². The fraction of sp³-hybridized carbons (Fsp3) is 0.833. The Morgan fingerprint density at radius 2 is 1.65 bits per heavy atom. The lowest BCUT2D eigenvalue weighted by Gasteiger charge is -2.31. The molecule has 1 rings (SSSR count). The molecule has 0 unspecified atom stereocenters. The first-order valence-corrected chi connectivity index (χ1v) is 6.36. The topological polar surface area (TPSA) is 61.4 Å². The van der Waals surface area contributed by atoms with Crippen LogP contribution in [0.3, 0.4) is 0 Å². The molecular weight excluding hydrogens is 218 g/mol. The van der Waals surface area contributed by atoms with Gasteiger partial charge < -0.3 is 5.32 Å². The van der Waals surface area contributed by atoms with Crippen LogP contribution in [-0.2, 0) is 4.79 Å². The van der Waals surface area contributed by atoms with Crippen LogP contribution in [0.2, 0.25) is 0 Å². The van der Waals surface area contributed by atoms with E-state index in [1.54, 1.807) is 0 Å². The summed E-state index contributed by atoms with van der Waals surface area (Å²) in [5.41, 5.74) is 0. The number of hydrogen-bond acceptors (Lipinski definition) is 3. The van der Waals surface area contributed by atoms with Gasteiger partial charge in [-0.25, -0.2) is 4.79 Å². The van der Waals surface area contributed by atoms with Crippen molar-refractivity contribution in [2.45, 2.75) is 52.1 Å². The zero-order valence-corrected chi connectivity index (χ0v) is 11.0. The van der Waals surface area contributed by atoms with E-state index in [0.29, 0.717) is 0 Å². The largest absolute Gasteiger partial charge is 0.336 e. The second kappa shape index (κ2) is 6.59. The molecule has 0 saturated carbocycles. The molecule has 2 N–H and O–H groups in total. The maximum absolute atomic E-state index is 11.8. The number of amides is 3. The van der Waals surface area contributed by atoms with Crippen LogP contribution in [0.25, 0.3) is 0 Å². The Kier molecular flexibility index (Phi) is 5.41. The second-order valence-corrected chi connectivity index (χ2v) is 4.89. The molecule has 0 aliphatic carbocycles. The van der Waals surface area contributed by atoms with Crippen LogP contribution in [0, 0.1) is 0 Å². The van der Waals surface area contributed by atoms with Crippen molar-refractivity contribution in [1.29, 1.82) is 0 Å². The molecule has 1 fully saturated rings. The number of nitrogens with zero attached hydrogens (tertiary/aromatic N) is 1. The van der Waals surface area contributed by atoms with Crippen molar-refractivity contribution in [2.24, 2.45) is 0 Å². The predicted octanol–water partition coefficient (Wildman–Crippen LogP) is 1.09. The van der Waals surface area contributed by atoms with Crippen molar-refractivity contribution in [3.63, 3.8) is 0 Å². The van der Waals surface area contributed by atoms with Crippen LogP contribution in [0.4, 0.5) is 4.79 Å². The molecule has 1 aliphatic heterocycles. The third-order valence-corrected chi connectivity index (χ3v) is 2.97. The molecule has 0 aromatic heterocycles. The van der Waals surface area contributed by atoms with Crippen LogP contribution < -0.4 is 10.6 Å². The summed E-state index contributed by atoms with van der Waals surface area (Å²) in [6, 6.07) is -0.602. The van der Waals surface area contributed by atoms with Gasteiger partial charge in [-0.3, -0.25) is 15.0 Å². The van der Waals surface area contributed by atoms with E-state index in [2.05, 4.69) is 15.5 Å². The van der Waals surface area contributed by atoms with Crippen LogP contribution >= 0.6 is 0 Å². The normalized spacial score (nSPS) is 18.8. The van der Waals surface area contributed by atoms with Gasteiger partial charge in [0, 0.05) is 6.04 Å². The van der Waals surface area contributed by atoms with E-state index >= 15 is 0 Å². The molecule has 0 aromatic rings. The van der Waals surface area contributed by atoms with E-state index < -0.39 is 6.03 Å². The Bertz CT molecular complexity index is 273. The fourth-order valence-electron chi connectivity index (χ4n) is 1.99. The first kappa shape index (κ1) is 14.0. The number of hydrogen-bond donors (Lipinski definition) is 2. The molecule has 0 aromatic carbocycles. The number of imide groups is 1. The highest BCUT2D eigenvalue weighted by Gasteiger charge is 2.23. The van der Waals surface area contributed by atoms with Crippen LogP contribution in [0.5, 0.6) is 0 Å².